The molecule has 0 fully saturated rings. The van der Waals surface area contributed by atoms with Gasteiger partial charge in [-0.05, 0) is 54.2 Å². The number of anilines is 1. The number of methoxy groups -OCH3 is 1. The Kier molecular flexibility index (Phi) is 7.66. The third-order valence-electron chi connectivity index (χ3n) is 4.89. The summed E-state index contributed by atoms with van der Waals surface area (Å²) in [6.07, 6.45) is 0.731. The quantitative estimate of drug-likeness (QED) is 0.634. The summed E-state index contributed by atoms with van der Waals surface area (Å²) < 4.78 is 33.8. The third kappa shape index (κ3) is 6.06. The number of amides is 1. The van der Waals surface area contributed by atoms with Crippen molar-refractivity contribution >= 4 is 21.6 Å². The van der Waals surface area contributed by atoms with Crippen LogP contribution in [-0.2, 0) is 20.2 Å². The molecule has 0 aliphatic rings. The van der Waals surface area contributed by atoms with Crippen LogP contribution < -0.4 is 4.72 Å². The van der Waals surface area contributed by atoms with Crippen LogP contribution in [0.5, 0.6) is 0 Å². The van der Waals surface area contributed by atoms with E-state index in [0.29, 0.717) is 30.0 Å². The summed E-state index contributed by atoms with van der Waals surface area (Å²) in [5, 5.41) is 0. The fourth-order valence-corrected chi connectivity index (χ4v) is 4.37. The van der Waals surface area contributed by atoms with E-state index in [4.69, 9.17) is 4.74 Å². The highest BCUT2D eigenvalue weighted by Crippen LogP contribution is 2.28. The van der Waals surface area contributed by atoms with Crippen LogP contribution in [0.4, 0.5) is 5.69 Å². The van der Waals surface area contributed by atoms with Crippen molar-refractivity contribution in [3.63, 3.8) is 0 Å². The lowest BCUT2D eigenvalue weighted by Gasteiger charge is -2.21. The van der Waals surface area contributed by atoms with Crippen molar-refractivity contribution in [3.05, 3.63) is 59.2 Å². The van der Waals surface area contributed by atoms with Gasteiger partial charge in [-0.2, -0.15) is 0 Å². The molecule has 0 spiro atoms. The summed E-state index contributed by atoms with van der Waals surface area (Å²) in [5.41, 5.74) is 2.22. The Balaban J connectivity index is 2.26. The molecule has 1 amide bonds. The first-order valence-corrected chi connectivity index (χ1v) is 11.4. The van der Waals surface area contributed by atoms with Gasteiger partial charge < -0.3 is 9.64 Å². The first-order chi connectivity index (χ1) is 14.0. The minimum atomic E-state index is -3.80. The minimum absolute atomic E-state index is 0.168. The van der Waals surface area contributed by atoms with Crippen molar-refractivity contribution in [2.45, 2.75) is 44.4 Å². The van der Waals surface area contributed by atoms with Gasteiger partial charge >= 0.3 is 0 Å². The molecule has 0 unspecified atom stereocenters. The van der Waals surface area contributed by atoms with E-state index in [9.17, 15) is 13.2 Å². The van der Waals surface area contributed by atoms with E-state index in [1.807, 2.05) is 32.9 Å². The molecule has 30 heavy (non-hydrogen) atoms. The van der Waals surface area contributed by atoms with Crippen molar-refractivity contribution in [3.8, 4) is 0 Å². The van der Waals surface area contributed by atoms with Crippen LogP contribution in [0.15, 0.2) is 47.4 Å². The molecular weight excluding hydrogens is 400 g/mol. The largest absolute Gasteiger partial charge is 0.385 e. The van der Waals surface area contributed by atoms with Crippen LogP contribution in [0.1, 0.15) is 48.7 Å². The highest BCUT2D eigenvalue weighted by Gasteiger charge is 2.22. The molecule has 6 nitrogen and oxygen atoms in total. The van der Waals surface area contributed by atoms with E-state index < -0.39 is 10.0 Å². The monoisotopic (exact) mass is 432 g/mol. The van der Waals surface area contributed by atoms with E-state index in [-0.39, 0.29) is 16.2 Å². The Morgan fingerprint density at radius 3 is 2.47 bits per heavy atom. The number of hydrogen-bond acceptors (Lipinski definition) is 4. The molecule has 2 rings (SSSR count). The van der Waals surface area contributed by atoms with Gasteiger partial charge in [-0.25, -0.2) is 8.42 Å². The highest BCUT2D eigenvalue weighted by molar-refractivity contribution is 7.92. The molecule has 0 aliphatic carbocycles. The van der Waals surface area contributed by atoms with Gasteiger partial charge in [-0.3, -0.25) is 9.52 Å². The van der Waals surface area contributed by atoms with Gasteiger partial charge in [0.2, 0.25) is 0 Å². The van der Waals surface area contributed by atoms with Gasteiger partial charge in [0, 0.05) is 38.6 Å². The number of ether oxygens (including phenoxy) is 1. The Hall–Kier alpha value is -2.38. The zero-order chi connectivity index (χ0) is 22.5. The van der Waals surface area contributed by atoms with Gasteiger partial charge in [0.15, 0.2) is 0 Å². The fraction of sp³-hybridized carbons (Fsp3) is 0.435. The molecule has 2 aromatic carbocycles. The van der Waals surface area contributed by atoms with E-state index in [1.165, 1.54) is 0 Å². The van der Waals surface area contributed by atoms with Gasteiger partial charge in [-0.15, -0.1) is 0 Å². The average Bonchev–Trinajstić information content (AvgIpc) is 2.66. The standard InChI is InChI=1S/C23H32N2O4S/c1-17-11-12-19(23(2,3)4)16-21(17)30(27,28)24-20-10-7-9-18(15-20)22(26)25(5)13-8-14-29-6/h7,9-12,15-16,24H,8,13-14H2,1-6H3. The van der Waals surface area contributed by atoms with Crippen molar-refractivity contribution in [1.29, 1.82) is 0 Å². The molecule has 7 heteroatoms. The summed E-state index contributed by atoms with van der Waals surface area (Å²) in [6, 6.07) is 12.1. The van der Waals surface area contributed by atoms with Crippen molar-refractivity contribution in [1.82, 2.24) is 4.90 Å². The predicted molar refractivity (Wildman–Crippen MR) is 121 cm³/mol. The summed E-state index contributed by atoms with van der Waals surface area (Å²) in [5.74, 6) is -0.168. The van der Waals surface area contributed by atoms with Crippen LogP contribution in [0, 0.1) is 6.92 Å². The lowest BCUT2D eigenvalue weighted by molar-refractivity contribution is 0.0779. The maximum Gasteiger partial charge on any atom is 0.262 e. The van der Waals surface area contributed by atoms with Gasteiger partial charge in [0.1, 0.15) is 0 Å². The Morgan fingerprint density at radius 1 is 1.13 bits per heavy atom. The molecule has 0 radical (unpaired) electrons. The van der Waals surface area contributed by atoms with Crippen molar-refractivity contribution in [2.24, 2.45) is 0 Å². The van der Waals surface area contributed by atoms with Crippen LogP contribution in [-0.4, -0.2) is 46.5 Å². The molecule has 0 heterocycles. The zero-order valence-corrected chi connectivity index (χ0v) is 19.5. The lowest BCUT2D eigenvalue weighted by Crippen LogP contribution is -2.28. The summed E-state index contributed by atoms with van der Waals surface area (Å²) in [7, 11) is -0.459. The fourth-order valence-electron chi connectivity index (χ4n) is 3.05. The van der Waals surface area contributed by atoms with Gasteiger partial charge in [0.25, 0.3) is 15.9 Å². The molecule has 164 valence electrons. The summed E-state index contributed by atoms with van der Waals surface area (Å²) in [6.45, 7) is 9.03. The van der Waals surface area contributed by atoms with Crippen LogP contribution in [0.3, 0.4) is 0 Å². The second kappa shape index (κ2) is 9.62. The number of carbonyl (C=O) groups excluding carboxylic acids is 1. The maximum absolute atomic E-state index is 13.1. The topological polar surface area (TPSA) is 75.7 Å². The molecule has 0 bridgehead atoms. The van der Waals surface area contributed by atoms with Crippen molar-refractivity contribution < 1.29 is 17.9 Å². The van der Waals surface area contributed by atoms with E-state index in [2.05, 4.69) is 4.72 Å². The summed E-state index contributed by atoms with van der Waals surface area (Å²) >= 11 is 0. The first-order valence-electron chi connectivity index (χ1n) is 9.94. The molecule has 0 saturated carbocycles. The van der Waals surface area contributed by atoms with Gasteiger partial charge in [0.05, 0.1) is 4.90 Å². The number of aryl methyl sites for hydroxylation is 1. The second-order valence-corrected chi connectivity index (χ2v) is 10.1. The Labute approximate surface area is 180 Å². The number of rotatable bonds is 8. The molecule has 2 aromatic rings. The van der Waals surface area contributed by atoms with Crippen LogP contribution in [0.25, 0.3) is 0 Å². The van der Waals surface area contributed by atoms with E-state index in [1.54, 1.807) is 56.3 Å². The number of nitrogens with zero attached hydrogens (tertiary/aromatic N) is 1. The van der Waals surface area contributed by atoms with Crippen LogP contribution >= 0.6 is 0 Å². The third-order valence-corrected chi connectivity index (χ3v) is 6.42. The number of hydrogen-bond donors (Lipinski definition) is 1. The lowest BCUT2D eigenvalue weighted by atomic mass is 9.87. The van der Waals surface area contributed by atoms with E-state index >= 15 is 0 Å². The Morgan fingerprint density at radius 2 is 1.83 bits per heavy atom. The molecular formula is C23H32N2O4S. The molecule has 0 aromatic heterocycles. The molecule has 0 saturated heterocycles. The zero-order valence-electron chi connectivity index (χ0n) is 18.7. The second-order valence-electron chi connectivity index (χ2n) is 8.49. The smallest absolute Gasteiger partial charge is 0.262 e. The first kappa shape index (κ1) is 23.9. The molecule has 0 atom stereocenters. The SMILES string of the molecule is COCCCN(C)C(=O)c1cccc(NS(=O)(=O)c2cc(C(C)(C)C)ccc2C)c1. The maximum atomic E-state index is 13.1. The number of sulfonamides is 1. The number of nitrogens with one attached hydrogen (secondary N) is 1. The van der Waals surface area contributed by atoms with E-state index in [0.717, 1.165) is 12.0 Å². The highest BCUT2D eigenvalue weighted by atomic mass is 32.2. The molecule has 1 N–H and O–H groups in total. The minimum Gasteiger partial charge on any atom is -0.385 e. The van der Waals surface area contributed by atoms with Gasteiger partial charge in [-0.1, -0.05) is 39.0 Å². The average molecular weight is 433 g/mol. The number of benzene rings is 2. The van der Waals surface area contributed by atoms with Crippen molar-refractivity contribution in [2.75, 3.05) is 32.0 Å². The van der Waals surface area contributed by atoms with Crippen LogP contribution in [0.2, 0.25) is 0 Å². The summed E-state index contributed by atoms with van der Waals surface area (Å²) in [4.78, 5) is 14.5. The predicted octanol–water partition coefficient (Wildman–Crippen LogP) is 4.20. The number of carbonyl (C=O) groups is 1. The molecule has 0 aliphatic heterocycles. The Bertz CT molecular complexity index is 995. The normalized spacial score (nSPS) is 11.9.